The third-order valence-corrected chi connectivity index (χ3v) is 4.36. The average Bonchev–Trinajstić information content (AvgIpc) is 2.47. The molecule has 2 N–H and O–H groups in total. The minimum Gasteiger partial charge on any atom is -0.378 e. The molecule has 1 aliphatic heterocycles. The zero-order valence-corrected chi connectivity index (χ0v) is 13.3. The number of hydrogen-bond donors (Lipinski definition) is 2. The maximum absolute atomic E-state index is 12.0. The van der Waals surface area contributed by atoms with Crippen molar-refractivity contribution in [3.05, 3.63) is 0 Å². The Labute approximate surface area is 128 Å². The standard InChI is InChI=1S/C15H28N2O2.ClH/c1-12(7-8-13-5-3-2-4-6-13)17-15(18)14-11-19-10-9-16-14;/h12-14,16H,2-11H2,1H3,(H,17,18);1H. The number of morpholine rings is 1. The molecule has 0 aromatic heterocycles. The smallest absolute Gasteiger partial charge is 0.239 e. The van der Waals surface area contributed by atoms with Crippen LogP contribution in [0.15, 0.2) is 0 Å². The topological polar surface area (TPSA) is 50.4 Å². The lowest BCUT2D eigenvalue weighted by molar-refractivity contribution is -0.126. The van der Waals surface area contributed by atoms with E-state index in [1.54, 1.807) is 0 Å². The Hall–Kier alpha value is -0.320. The van der Waals surface area contributed by atoms with Crippen LogP contribution in [-0.2, 0) is 9.53 Å². The summed E-state index contributed by atoms with van der Waals surface area (Å²) in [4.78, 5) is 12.0. The molecule has 0 aromatic rings. The molecule has 0 spiro atoms. The summed E-state index contributed by atoms with van der Waals surface area (Å²) in [6.45, 7) is 4.10. The fourth-order valence-electron chi connectivity index (χ4n) is 3.11. The Kier molecular flexibility index (Phi) is 8.50. The zero-order valence-electron chi connectivity index (χ0n) is 12.5. The van der Waals surface area contributed by atoms with Crippen LogP contribution in [0.25, 0.3) is 0 Å². The first-order valence-electron chi connectivity index (χ1n) is 7.87. The van der Waals surface area contributed by atoms with Crippen LogP contribution >= 0.6 is 12.4 Å². The van der Waals surface area contributed by atoms with Crippen LogP contribution in [0.2, 0.25) is 0 Å². The summed E-state index contributed by atoms with van der Waals surface area (Å²) in [6.07, 6.45) is 9.34. The molecule has 2 atom stereocenters. The van der Waals surface area contributed by atoms with Crippen molar-refractivity contribution in [3.8, 4) is 0 Å². The van der Waals surface area contributed by atoms with Gasteiger partial charge in [-0.3, -0.25) is 4.79 Å². The Balaban J connectivity index is 0.00000200. The lowest BCUT2D eigenvalue weighted by Crippen LogP contribution is -2.52. The van der Waals surface area contributed by atoms with Crippen LogP contribution < -0.4 is 10.6 Å². The SMILES string of the molecule is CC(CCC1CCCCC1)NC(=O)C1COCCN1.Cl. The van der Waals surface area contributed by atoms with E-state index < -0.39 is 0 Å². The van der Waals surface area contributed by atoms with E-state index >= 15 is 0 Å². The molecule has 2 fully saturated rings. The van der Waals surface area contributed by atoms with Crippen molar-refractivity contribution >= 4 is 18.3 Å². The molecule has 1 saturated carbocycles. The van der Waals surface area contributed by atoms with Gasteiger partial charge in [0.1, 0.15) is 6.04 Å². The van der Waals surface area contributed by atoms with Gasteiger partial charge in [0.2, 0.25) is 5.91 Å². The second-order valence-electron chi connectivity index (χ2n) is 6.07. The lowest BCUT2D eigenvalue weighted by Gasteiger charge is -2.26. The fourth-order valence-corrected chi connectivity index (χ4v) is 3.11. The first-order valence-corrected chi connectivity index (χ1v) is 7.87. The van der Waals surface area contributed by atoms with E-state index in [0.717, 1.165) is 18.9 Å². The van der Waals surface area contributed by atoms with Gasteiger partial charge in [0.15, 0.2) is 0 Å². The number of carbonyl (C=O) groups excluding carboxylic acids is 1. The van der Waals surface area contributed by atoms with Gasteiger partial charge >= 0.3 is 0 Å². The molecule has 2 aliphatic rings. The second kappa shape index (κ2) is 9.59. The number of halogens is 1. The predicted octanol–water partition coefficient (Wildman–Crippen LogP) is 2.26. The number of carbonyl (C=O) groups is 1. The molecule has 5 heteroatoms. The van der Waals surface area contributed by atoms with Crippen molar-refractivity contribution in [2.45, 2.75) is 64.0 Å². The second-order valence-corrected chi connectivity index (χ2v) is 6.07. The summed E-state index contributed by atoms with van der Waals surface area (Å²) in [5.41, 5.74) is 0. The quantitative estimate of drug-likeness (QED) is 0.819. The molecule has 20 heavy (non-hydrogen) atoms. The van der Waals surface area contributed by atoms with Gasteiger partial charge in [-0.05, 0) is 25.7 Å². The lowest BCUT2D eigenvalue weighted by atomic mass is 9.85. The van der Waals surface area contributed by atoms with Gasteiger partial charge in [-0.1, -0.05) is 32.1 Å². The third kappa shape index (κ3) is 5.98. The molecule has 1 amide bonds. The number of ether oxygens (including phenoxy) is 1. The first kappa shape index (κ1) is 17.7. The Morgan fingerprint density at radius 3 is 2.75 bits per heavy atom. The molecule has 1 heterocycles. The maximum atomic E-state index is 12.0. The van der Waals surface area contributed by atoms with Gasteiger partial charge in [0.05, 0.1) is 13.2 Å². The summed E-state index contributed by atoms with van der Waals surface area (Å²) in [7, 11) is 0. The van der Waals surface area contributed by atoms with Gasteiger partial charge in [0, 0.05) is 12.6 Å². The molecule has 2 rings (SSSR count). The summed E-state index contributed by atoms with van der Waals surface area (Å²) in [5.74, 6) is 0.986. The summed E-state index contributed by atoms with van der Waals surface area (Å²) >= 11 is 0. The van der Waals surface area contributed by atoms with Crippen molar-refractivity contribution in [2.75, 3.05) is 19.8 Å². The minimum atomic E-state index is -0.161. The molecule has 0 aromatic carbocycles. The van der Waals surface area contributed by atoms with E-state index in [9.17, 15) is 4.79 Å². The molecule has 0 radical (unpaired) electrons. The normalized spacial score (nSPS) is 25.6. The van der Waals surface area contributed by atoms with Crippen molar-refractivity contribution in [1.82, 2.24) is 10.6 Å². The van der Waals surface area contributed by atoms with Gasteiger partial charge in [0.25, 0.3) is 0 Å². The largest absolute Gasteiger partial charge is 0.378 e. The van der Waals surface area contributed by atoms with Crippen LogP contribution in [0.4, 0.5) is 0 Å². The molecule has 118 valence electrons. The van der Waals surface area contributed by atoms with E-state index in [2.05, 4.69) is 17.6 Å². The highest BCUT2D eigenvalue weighted by atomic mass is 35.5. The van der Waals surface area contributed by atoms with E-state index in [1.807, 2.05) is 0 Å². The number of nitrogens with one attached hydrogen (secondary N) is 2. The van der Waals surface area contributed by atoms with Crippen LogP contribution in [0.3, 0.4) is 0 Å². The Morgan fingerprint density at radius 1 is 1.35 bits per heavy atom. The fraction of sp³-hybridized carbons (Fsp3) is 0.933. The number of hydrogen-bond acceptors (Lipinski definition) is 3. The van der Waals surface area contributed by atoms with Gasteiger partial charge in [-0.15, -0.1) is 12.4 Å². The van der Waals surface area contributed by atoms with Crippen LogP contribution in [-0.4, -0.2) is 37.7 Å². The Bertz CT molecular complexity index is 277. The van der Waals surface area contributed by atoms with Crippen molar-refractivity contribution in [2.24, 2.45) is 5.92 Å². The van der Waals surface area contributed by atoms with E-state index in [4.69, 9.17) is 4.74 Å². The summed E-state index contributed by atoms with van der Waals surface area (Å²) < 4.78 is 5.32. The van der Waals surface area contributed by atoms with E-state index in [-0.39, 0.29) is 30.4 Å². The molecular weight excluding hydrogens is 276 g/mol. The third-order valence-electron chi connectivity index (χ3n) is 4.36. The Morgan fingerprint density at radius 2 is 2.10 bits per heavy atom. The van der Waals surface area contributed by atoms with E-state index in [1.165, 1.54) is 38.5 Å². The van der Waals surface area contributed by atoms with E-state index in [0.29, 0.717) is 13.2 Å². The molecule has 1 saturated heterocycles. The monoisotopic (exact) mass is 304 g/mol. The van der Waals surface area contributed by atoms with Gasteiger partial charge in [-0.25, -0.2) is 0 Å². The number of amides is 1. The molecule has 0 bridgehead atoms. The predicted molar refractivity (Wildman–Crippen MR) is 83.3 cm³/mol. The highest BCUT2D eigenvalue weighted by molar-refractivity contribution is 5.85. The van der Waals surface area contributed by atoms with Gasteiger partial charge < -0.3 is 15.4 Å². The average molecular weight is 305 g/mol. The van der Waals surface area contributed by atoms with Crippen molar-refractivity contribution in [1.29, 1.82) is 0 Å². The van der Waals surface area contributed by atoms with Crippen molar-refractivity contribution in [3.63, 3.8) is 0 Å². The zero-order chi connectivity index (χ0) is 13.5. The highest BCUT2D eigenvalue weighted by Crippen LogP contribution is 2.27. The molecule has 1 aliphatic carbocycles. The van der Waals surface area contributed by atoms with Crippen LogP contribution in [0.1, 0.15) is 51.9 Å². The first-order chi connectivity index (χ1) is 9.25. The highest BCUT2D eigenvalue weighted by Gasteiger charge is 2.22. The van der Waals surface area contributed by atoms with Crippen LogP contribution in [0.5, 0.6) is 0 Å². The minimum absolute atomic E-state index is 0. The molecule has 4 nitrogen and oxygen atoms in total. The summed E-state index contributed by atoms with van der Waals surface area (Å²) in [5, 5.41) is 6.30. The maximum Gasteiger partial charge on any atom is 0.239 e. The number of rotatable bonds is 5. The van der Waals surface area contributed by atoms with Gasteiger partial charge in [-0.2, -0.15) is 0 Å². The molecule has 2 unspecified atom stereocenters. The van der Waals surface area contributed by atoms with Crippen LogP contribution in [0, 0.1) is 5.92 Å². The summed E-state index contributed by atoms with van der Waals surface area (Å²) in [6, 6.07) is 0.115. The van der Waals surface area contributed by atoms with Crippen molar-refractivity contribution < 1.29 is 9.53 Å². The molecular formula is C15H29ClN2O2.